The standard InChI is InChI=1S/C22H27N5O3/c1-15-19(14-26(2)24-15)21-11-20(25-30-21)22(29)23-9-7-18(28)13-27-10-8-16-5-3-4-6-17(16)12-27/h3-6,11,14,18,28H,7-10,12-13H2,1-2H3,(H,23,29). The minimum absolute atomic E-state index is 0.218. The zero-order chi connectivity index (χ0) is 21.1. The quantitative estimate of drug-likeness (QED) is 0.619. The van der Waals surface area contributed by atoms with E-state index in [2.05, 4.69) is 44.7 Å². The Morgan fingerprint density at radius 2 is 2.13 bits per heavy atom. The highest BCUT2D eigenvalue weighted by Crippen LogP contribution is 2.23. The van der Waals surface area contributed by atoms with E-state index in [1.807, 2.05) is 20.2 Å². The summed E-state index contributed by atoms with van der Waals surface area (Å²) in [5.41, 5.74) is 4.56. The molecule has 0 bridgehead atoms. The first-order valence-electron chi connectivity index (χ1n) is 10.2. The van der Waals surface area contributed by atoms with Crippen LogP contribution in [0.2, 0.25) is 0 Å². The molecule has 0 radical (unpaired) electrons. The Kier molecular flexibility index (Phi) is 5.96. The van der Waals surface area contributed by atoms with Crippen LogP contribution in [-0.4, -0.2) is 56.6 Å². The lowest BCUT2D eigenvalue weighted by Gasteiger charge is -2.30. The van der Waals surface area contributed by atoms with Crippen molar-refractivity contribution in [3.63, 3.8) is 0 Å². The van der Waals surface area contributed by atoms with Gasteiger partial charge in [0.2, 0.25) is 0 Å². The number of hydrogen-bond acceptors (Lipinski definition) is 6. The summed E-state index contributed by atoms with van der Waals surface area (Å²) in [6.45, 7) is 4.64. The van der Waals surface area contributed by atoms with E-state index in [1.165, 1.54) is 11.1 Å². The van der Waals surface area contributed by atoms with Crippen molar-refractivity contribution in [1.82, 2.24) is 25.2 Å². The zero-order valence-electron chi connectivity index (χ0n) is 17.3. The fourth-order valence-corrected chi connectivity index (χ4v) is 3.89. The number of aromatic nitrogens is 3. The third kappa shape index (κ3) is 4.60. The van der Waals surface area contributed by atoms with Crippen molar-refractivity contribution >= 4 is 5.91 Å². The molecule has 3 aromatic rings. The molecule has 2 aromatic heterocycles. The number of aryl methyl sites for hydroxylation is 2. The van der Waals surface area contributed by atoms with E-state index in [0.29, 0.717) is 25.3 Å². The largest absolute Gasteiger partial charge is 0.392 e. The number of aliphatic hydroxyl groups excluding tert-OH is 1. The summed E-state index contributed by atoms with van der Waals surface area (Å²) >= 11 is 0. The monoisotopic (exact) mass is 409 g/mol. The number of benzene rings is 1. The molecule has 0 spiro atoms. The van der Waals surface area contributed by atoms with Crippen molar-refractivity contribution in [1.29, 1.82) is 0 Å². The van der Waals surface area contributed by atoms with Crippen molar-refractivity contribution in [2.24, 2.45) is 7.05 Å². The summed E-state index contributed by atoms with van der Waals surface area (Å²) in [5.74, 6) is 0.196. The first-order chi connectivity index (χ1) is 14.5. The van der Waals surface area contributed by atoms with Gasteiger partial charge in [-0.1, -0.05) is 29.4 Å². The number of β-amino-alcohol motifs (C(OH)–C–C–N with tert-alkyl or cyclic N) is 1. The highest BCUT2D eigenvalue weighted by atomic mass is 16.5. The smallest absolute Gasteiger partial charge is 0.273 e. The van der Waals surface area contributed by atoms with Crippen LogP contribution in [0.5, 0.6) is 0 Å². The Morgan fingerprint density at radius 1 is 1.33 bits per heavy atom. The van der Waals surface area contributed by atoms with Gasteiger partial charge >= 0.3 is 0 Å². The molecule has 0 saturated carbocycles. The van der Waals surface area contributed by atoms with Crippen LogP contribution in [0.25, 0.3) is 11.3 Å². The number of aliphatic hydroxyl groups is 1. The van der Waals surface area contributed by atoms with Crippen molar-refractivity contribution in [2.75, 3.05) is 19.6 Å². The third-order valence-electron chi connectivity index (χ3n) is 5.46. The van der Waals surface area contributed by atoms with Gasteiger partial charge in [-0.3, -0.25) is 14.4 Å². The fourth-order valence-electron chi connectivity index (χ4n) is 3.89. The van der Waals surface area contributed by atoms with E-state index in [-0.39, 0.29) is 11.6 Å². The minimum atomic E-state index is -0.499. The van der Waals surface area contributed by atoms with Gasteiger partial charge in [0, 0.05) is 45.5 Å². The van der Waals surface area contributed by atoms with E-state index in [1.54, 1.807) is 10.7 Å². The molecule has 8 heteroatoms. The SMILES string of the molecule is Cc1nn(C)cc1-c1cc(C(=O)NCCC(O)CN2CCc3ccccc3C2)no1. The van der Waals surface area contributed by atoms with Gasteiger partial charge in [0.05, 0.1) is 17.4 Å². The molecule has 4 rings (SSSR count). The zero-order valence-corrected chi connectivity index (χ0v) is 17.3. The van der Waals surface area contributed by atoms with Crippen molar-refractivity contribution in [3.8, 4) is 11.3 Å². The van der Waals surface area contributed by atoms with Gasteiger partial charge in [-0.2, -0.15) is 5.10 Å². The molecule has 30 heavy (non-hydrogen) atoms. The van der Waals surface area contributed by atoms with Crippen molar-refractivity contribution < 1.29 is 14.4 Å². The summed E-state index contributed by atoms with van der Waals surface area (Å²) < 4.78 is 6.99. The van der Waals surface area contributed by atoms with Gasteiger partial charge in [-0.25, -0.2) is 0 Å². The molecule has 1 unspecified atom stereocenters. The highest BCUT2D eigenvalue weighted by molar-refractivity contribution is 5.93. The van der Waals surface area contributed by atoms with E-state index >= 15 is 0 Å². The highest BCUT2D eigenvalue weighted by Gasteiger charge is 2.19. The predicted octanol–water partition coefficient (Wildman–Crippen LogP) is 1.92. The van der Waals surface area contributed by atoms with Crippen LogP contribution in [0.4, 0.5) is 0 Å². The lowest BCUT2D eigenvalue weighted by molar-refractivity contribution is 0.0886. The number of nitrogens with zero attached hydrogens (tertiary/aromatic N) is 4. The molecular formula is C22H27N5O3. The lowest BCUT2D eigenvalue weighted by Crippen LogP contribution is -2.38. The average molecular weight is 409 g/mol. The molecule has 0 saturated heterocycles. The van der Waals surface area contributed by atoms with Crippen molar-refractivity contribution in [3.05, 3.63) is 59.0 Å². The van der Waals surface area contributed by atoms with Crippen LogP contribution in [0.15, 0.2) is 41.1 Å². The van der Waals surface area contributed by atoms with Gasteiger partial charge < -0.3 is 14.9 Å². The second-order valence-electron chi connectivity index (χ2n) is 7.83. The summed E-state index contributed by atoms with van der Waals surface area (Å²) in [6, 6.07) is 10.1. The summed E-state index contributed by atoms with van der Waals surface area (Å²) in [7, 11) is 1.83. The lowest BCUT2D eigenvalue weighted by atomic mass is 9.99. The maximum Gasteiger partial charge on any atom is 0.273 e. The number of nitrogens with one attached hydrogen (secondary N) is 1. The van der Waals surface area contributed by atoms with E-state index in [9.17, 15) is 9.90 Å². The third-order valence-corrected chi connectivity index (χ3v) is 5.46. The van der Waals surface area contributed by atoms with Gasteiger partial charge in [-0.15, -0.1) is 0 Å². The number of carbonyl (C=O) groups is 1. The number of rotatable bonds is 7. The molecule has 8 nitrogen and oxygen atoms in total. The Labute approximate surface area is 175 Å². The molecule has 0 fully saturated rings. The maximum atomic E-state index is 12.3. The number of amides is 1. The summed E-state index contributed by atoms with van der Waals surface area (Å²) in [4.78, 5) is 14.6. The number of fused-ring (bicyclic) bond motifs is 1. The molecule has 1 atom stereocenters. The molecule has 1 amide bonds. The molecule has 1 aliphatic heterocycles. The topological polar surface area (TPSA) is 96.4 Å². The average Bonchev–Trinajstić information content (AvgIpc) is 3.34. The number of carbonyl (C=O) groups excluding carboxylic acids is 1. The Morgan fingerprint density at radius 3 is 2.90 bits per heavy atom. The summed E-state index contributed by atoms with van der Waals surface area (Å²) in [5, 5.41) is 21.3. The van der Waals surface area contributed by atoms with Gasteiger partial charge in [0.15, 0.2) is 11.5 Å². The Balaban J connectivity index is 1.24. The van der Waals surface area contributed by atoms with Crippen LogP contribution >= 0.6 is 0 Å². The second kappa shape index (κ2) is 8.81. The predicted molar refractivity (Wildman–Crippen MR) is 112 cm³/mol. The van der Waals surface area contributed by atoms with E-state index in [0.717, 1.165) is 30.8 Å². The molecule has 158 valence electrons. The van der Waals surface area contributed by atoms with E-state index in [4.69, 9.17) is 4.52 Å². The second-order valence-corrected chi connectivity index (χ2v) is 7.83. The van der Waals surface area contributed by atoms with Crippen LogP contribution in [0, 0.1) is 6.92 Å². The first kappa shape index (κ1) is 20.3. The van der Waals surface area contributed by atoms with Crippen LogP contribution in [-0.2, 0) is 20.0 Å². The molecule has 1 aromatic carbocycles. The molecule has 0 aliphatic carbocycles. The van der Waals surface area contributed by atoms with Crippen LogP contribution < -0.4 is 5.32 Å². The van der Waals surface area contributed by atoms with Crippen LogP contribution in [0.1, 0.15) is 33.7 Å². The Hall–Kier alpha value is -2.97. The van der Waals surface area contributed by atoms with Crippen LogP contribution in [0.3, 0.4) is 0 Å². The number of hydrogen-bond donors (Lipinski definition) is 2. The van der Waals surface area contributed by atoms with E-state index < -0.39 is 6.10 Å². The molecule has 1 aliphatic rings. The van der Waals surface area contributed by atoms with Gasteiger partial charge in [0.1, 0.15) is 0 Å². The maximum absolute atomic E-state index is 12.3. The van der Waals surface area contributed by atoms with Gasteiger partial charge in [0.25, 0.3) is 5.91 Å². The normalized spacial score (nSPS) is 15.0. The van der Waals surface area contributed by atoms with Gasteiger partial charge in [-0.05, 0) is 30.9 Å². The fraction of sp³-hybridized carbons (Fsp3) is 0.409. The minimum Gasteiger partial charge on any atom is -0.392 e. The molecule has 3 heterocycles. The molecular weight excluding hydrogens is 382 g/mol. The molecule has 2 N–H and O–H groups in total. The van der Waals surface area contributed by atoms with Crippen molar-refractivity contribution in [2.45, 2.75) is 32.4 Å². The summed E-state index contributed by atoms with van der Waals surface area (Å²) in [6.07, 6.45) is 2.81. The Bertz CT molecular complexity index is 1030. The first-order valence-corrected chi connectivity index (χ1v) is 10.2.